The van der Waals surface area contributed by atoms with Crippen LogP contribution in [-0.2, 0) is 9.59 Å². The van der Waals surface area contributed by atoms with Gasteiger partial charge >= 0.3 is 0 Å². The number of nitrogens with one attached hydrogen (secondary N) is 2. The summed E-state index contributed by atoms with van der Waals surface area (Å²) in [7, 11) is 0. The second kappa shape index (κ2) is 6.62. The molecule has 1 atom stereocenters. The Morgan fingerprint density at radius 1 is 1.00 bits per heavy atom. The molecule has 4 heteroatoms. The van der Waals surface area contributed by atoms with Gasteiger partial charge in [0.05, 0.1) is 0 Å². The van der Waals surface area contributed by atoms with Gasteiger partial charge < -0.3 is 10.6 Å². The van der Waals surface area contributed by atoms with Crippen LogP contribution in [0, 0.1) is 5.92 Å². The highest BCUT2D eigenvalue weighted by Gasteiger charge is 2.24. The zero-order valence-corrected chi connectivity index (χ0v) is 11.1. The highest BCUT2D eigenvalue weighted by Crippen LogP contribution is 2.23. The van der Waals surface area contributed by atoms with Crippen molar-refractivity contribution >= 4 is 11.8 Å². The molecule has 1 fully saturated rings. The lowest BCUT2D eigenvalue weighted by atomic mass is 9.88. The lowest BCUT2D eigenvalue weighted by Crippen LogP contribution is -2.48. The van der Waals surface area contributed by atoms with Crippen molar-refractivity contribution < 1.29 is 9.59 Å². The Kier molecular flexibility index (Phi) is 5.45. The fourth-order valence-electron chi connectivity index (χ4n) is 2.17. The SMILES string of the molecule is CC(C)NC(=O)C(C)NC(=O)C1CCCCC1. The number of hydrogen-bond acceptors (Lipinski definition) is 2. The normalized spacial score (nSPS) is 18.8. The highest BCUT2D eigenvalue weighted by atomic mass is 16.2. The zero-order chi connectivity index (χ0) is 12.8. The van der Waals surface area contributed by atoms with Gasteiger partial charge in [-0.3, -0.25) is 9.59 Å². The average Bonchev–Trinajstić information content (AvgIpc) is 2.29. The first-order valence-electron chi connectivity index (χ1n) is 6.61. The highest BCUT2D eigenvalue weighted by molar-refractivity contribution is 5.88. The van der Waals surface area contributed by atoms with Crippen LogP contribution >= 0.6 is 0 Å². The molecule has 98 valence electrons. The fourth-order valence-corrected chi connectivity index (χ4v) is 2.17. The molecule has 1 saturated carbocycles. The van der Waals surface area contributed by atoms with Crippen molar-refractivity contribution in [1.29, 1.82) is 0 Å². The van der Waals surface area contributed by atoms with E-state index in [2.05, 4.69) is 10.6 Å². The molecule has 0 saturated heterocycles. The van der Waals surface area contributed by atoms with Gasteiger partial charge in [-0.2, -0.15) is 0 Å². The maximum atomic E-state index is 11.9. The Morgan fingerprint density at radius 3 is 2.12 bits per heavy atom. The van der Waals surface area contributed by atoms with Gasteiger partial charge in [0.15, 0.2) is 0 Å². The van der Waals surface area contributed by atoms with Gasteiger partial charge in [0.2, 0.25) is 11.8 Å². The summed E-state index contributed by atoms with van der Waals surface area (Å²) in [5.41, 5.74) is 0. The van der Waals surface area contributed by atoms with Gasteiger partial charge in [-0.15, -0.1) is 0 Å². The molecule has 1 aliphatic carbocycles. The van der Waals surface area contributed by atoms with Crippen LogP contribution in [0.15, 0.2) is 0 Å². The van der Waals surface area contributed by atoms with E-state index in [0.717, 1.165) is 25.7 Å². The van der Waals surface area contributed by atoms with Crippen molar-refractivity contribution in [3.8, 4) is 0 Å². The number of carbonyl (C=O) groups is 2. The van der Waals surface area contributed by atoms with Gasteiger partial charge in [0.1, 0.15) is 6.04 Å². The van der Waals surface area contributed by atoms with Crippen LogP contribution in [0.5, 0.6) is 0 Å². The minimum Gasteiger partial charge on any atom is -0.352 e. The maximum Gasteiger partial charge on any atom is 0.242 e. The average molecular weight is 240 g/mol. The molecule has 0 radical (unpaired) electrons. The van der Waals surface area contributed by atoms with Crippen LogP contribution in [0.25, 0.3) is 0 Å². The zero-order valence-electron chi connectivity index (χ0n) is 11.1. The third kappa shape index (κ3) is 4.75. The molecular formula is C13H24N2O2. The fraction of sp³-hybridized carbons (Fsp3) is 0.846. The minimum absolute atomic E-state index is 0.0381. The van der Waals surface area contributed by atoms with E-state index < -0.39 is 6.04 Å². The van der Waals surface area contributed by atoms with Crippen molar-refractivity contribution in [3.05, 3.63) is 0 Å². The summed E-state index contributed by atoms with van der Waals surface area (Å²) in [6.07, 6.45) is 5.41. The first-order chi connectivity index (χ1) is 8.00. The summed E-state index contributed by atoms with van der Waals surface area (Å²) in [5, 5.41) is 5.60. The predicted octanol–water partition coefficient (Wildman–Crippen LogP) is 1.60. The molecule has 0 aromatic heterocycles. The lowest BCUT2D eigenvalue weighted by molar-refractivity contribution is -0.131. The van der Waals surface area contributed by atoms with E-state index in [1.165, 1.54) is 6.42 Å². The van der Waals surface area contributed by atoms with Crippen LogP contribution in [0.3, 0.4) is 0 Å². The van der Waals surface area contributed by atoms with Crippen LogP contribution < -0.4 is 10.6 Å². The third-order valence-corrected chi connectivity index (χ3v) is 3.16. The monoisotopic (exact) mass is 240 g/mol. The number of rotatable bonds is 4. The standard InChI is InChI=1S/C13H24N2O2/c1-9(2)14-12(16)10(3)15-13(17)11-7-5-4-6-8-11/h9-11H,4-8H2,1-3H3,(H,14,16)(H,15,17). The Balaban J connectivity index is 2.36. The van der Waals surface area contributed by atoms with Crippen molar-refractivity contribution in [2.45, 2.75) is 65.0 Å². The van der Waals surface area contributed by atoms with E-state index in [0.29, 0.717) is 0 Å². The molecule has 1 aliphatic rings. The van der Waals surface area contributed by atoms with E-state index >= 15 is 0 Å². The molecule has 0 aromatic carbocycles. The topological polar surface area (TPSA) is 58.2 Å². The van der Waals surface area contributed by atoms with Crippen LogP contribution in [0.4, 0.5) is 0 Å². The van der Waals surface area contributed by atoms with Gasteiger partial charge in [0, 0.05) is 12.0 Å². The molecule has 4 nitrogen and oxygen atoms in total. The molecule has 0 aromatic rings. The number of amides is 2. The molecule has 1 unspecified atom stereocenters. The second-order valence-electron chi connectivity index (χ2n) is 5.23. The van der Waals surface area contributed by atoms with E-state index in [1.807, 2.05) is 13.8 Å². The number of carbonyl (C=O) groups excluding carboxylic acids is 2. The first-order valence-corrected chi connectivity index (χ1v) is 6.61. The minimum atomic E-state index is -0.438. The Bertz CT molecular complexity index is 271. The van der Waals surface area contributed by atoms with Crippen LogP contribution in [0.1, 0.15) is 52.9 Å². The number of hydrogen-bond donors (Lipinski definition) is 2. The van der Waals surface area contributed by atoms with Gasteiger partial charge in [-0.1, -0.05) is 19.3 Å². The van der Waals surface area contributed by atoms with Gasteiger partial charge in [-0.05, 0) is 33.6 Å². The van der Waals surface area contributed by atoms with E-state index in [1.54, 1.807) is 6.92 Å². The molecule has 0 spiro atoms. The third-order valence-electron chi connectivity index (χ3n) is 3.16. The van der Waals surface area contributed by atoms with Gasteiger partial charge in [0.25, 0.3) is 0 Å². The molecule has 0 heterocycles. The smallest absolute Gasteiger partial charge is 0.242 e. The molecule has 1 rings (SSSR count). The Morgan fingerprint density at radius 2 is 1.59 bits per heavy atom. The lowest BCUT2D eigenvalue weighted by Gasteiger charge is -2.23. The van der Waals surface area contributed by atoms with Crippen molar-refractivity contribution in [2.75, 3.05) is 0 Å². The van der Waals surface area contributed by atoms with Gasteiger partial charge in [-0.25, -0.2) is 0 Å². The van der Waals surface area contributed by atoms with Crippen LogP contribution in [-0.4, -0.2) is 23.9 Å². The largest absolute Gasteiger partial charge is 0.352 e. The molecular weight excluding hydrogens is 216 g/mol. The van der Waals surface area contributed by atoms with Crippen molar-refractivity contribution in [3.63, 3.8) is 0 Å². The molecule has 2 N–H and O–H groups in total. The summed E-state index contributed by atoms with van der Waals surface area (Å²) in [6.45, 7) is 5.56. The predicted molar refractivity (Wildman–Crippen MR) is 67.5 cm³/mol. The molecule has 2 amide bonds. The molecule has 17 heavy (non-hydrogen) atoms. The van der Waals surface area contributed by atoms with E-state index in [9.17, 15) is 9.59 Å². The quantitative estimate of drug-likeness (QED) is 0.784. The summed E-state index contributed by atoms with van der Waals surface area (Å²) < 4.78 is 0. The summed E-state index contributed by atoms with van der Waals surface area (Å²) >= 11 is 0. The first kappa shape index (κ1) is 14.0. The molecule has 0 bridgehead atoms. The second-order valence-corrected chi connectivity index (χ2v) is 5.23. The summed E-state index contributed by atoms with van der Waals surface area (Å²) in [4.78, 5) is 23.6. The van der Waals surface area contributed by atoms with E-state index in [4.69, 9.17) is 0 Å². The Labute approximate surface area is 104 Å². The van der Waals surface area contributed by atoms with Crippen LogP contribution in [0.2, 0.25) is 0 Å². The summed E-state index contributed by atoms with van der Waals surface area (Å²) in [6, 6.07) is -0.330. The summed E-state index contributed by atoms with van der Waals surface area (Å²) in [5.74, 6) is 0.0401. The maximum absolute atomic E-state index is 11.9. The Hall–Kier alpha value is -1.06. The van der Waals surface area contributed by atoms with E-state index in [-0.39, 0.29) is 23.8 Å². The van der Waals surface area contributed by atoms with Crippen molar-refractivity contribution in [2.24, 2.45) is 5.92 Å². The van der Waals surface area contributed by atoms with Crippen molar-refractivity contribution in [1.82, 2.24) is 10.6 Å². The molecule has 0 aliphatic heterocycles.